The van der Waals surface area contributed by atoms with Gasteiger partial charge in [0.15, 0.2) is 0 Å². The highest BCUT2D eigenvalue weighted by Gasteiger charge is 2.42. The van der Waals surface area contributed by atoms with Gasteiger partial charge < -0.3 is 10.1 Å². The Balaban J connectivity index is 1.40. The lowest BCUT2D eigenvalue weighted by Gasteiger charge is -2.37. The maximum Gasteiger partial charge on any atom is 0.126 e. The van der Waals surface area contributed by atoms with Crippen LogP contribution in [-0.4, -0.2) is 57.2 Å². The number of nitrogens with one attached hydrogen (secondary N) is 1. The fourth-order valence-corrected chi connectivity index (χ4v) is 4.39. The first kappa shape index (κ1) is 16.5. The van der Waals surface area contributed by atoms with E-state index in [0.29, 0.717) is 17.9 Å². The van der Waals surface area contributed by atoms with Crippen molar-refractivity contribution in [3.05, 3.63) is 36.3 Å². The van der Waals surface area contributed by atoms with Crippen LogP contribution in [0, 0.1) is 11.8 Å². The van der Waals surface area contributed by atoms with E-state index in [1.54, 1.807) is 4.68 Å². The molecule has 134 valence electrons. The first-order valence-electron chi connectivity index (χ1n) is 8.99. The first-order chi connectivity index (χ1) is 12.2. The maximum absolute atomic E-state index is 5.81. The van der Waals surface area contributed by atoms with E-state index in [2.05, 4.69) is 25.5 Å². The molecule has 1 N–H and O–H groups in total. The van der Waals surface area contributed by atoms with E-state index >= 15 is 0 Å². The van der Waals surface area contributed by atoms with E-state index in [4.69, 9.17) is 4.74 Å². The van der Waals surface area contributed by atoms with Gasteiger partial charge in [-0.25, -0.2) is 4.98 Å². The van der Waals surface area contributed by atoms with Crippen LogP contribution in [0.3, 0.4) is 0 Å². The summed E-state index contributed by atoms with van der Waals surface area (Å²) in [5.74, 6) is 2.33. The van der Waals surface area contributed by atoms with Gasteiger partial charge in [-0.2, -0.15) is 0 Å². The second-order valence-corrected chi connectivity index (χ2v) is 7.31. The number of aryl methyl sites for hydroxylation is 1. The Hall–Kier alpha value is -1.99. The predicted molar refractivity (Wildman–Crippen MR) is 94.9 cm³/mol. The van der Waals surface area contributed by atoms with Crippen molar-refractivity contribution in [2.75, 3.05) is 25.5 Å². The molecule has 1 saturated carbocycles. The number of hydrogen-bond acceptors (Lipinski definition) is 6. The summed E-state index contributed by atoms with van der Waals surface area (Å²) in [6.45, 7) is 3.13. The molecule has 2 aromatic rings. The van der Waals surface area contributed by atoms with Crippen LogP contribution in [0.1, 0.15) is 18.5 Å². The van der Waals surface area contributed by atoms with Crippen molar-refractivity contribution in [3.8, 4) is 0 Å². The van der Waals surface area contributed by atoms with Crippen LogP contribution in [-0.2, 0) is 18.3 Å². The standard InChI is InChI=1S/C18H26N6O/c1-23-11-15(21-22-23)12-24-9-13-7-16(17(25-2)8-14(13)10-24)20-18-5-3-4-6-19-18/h3-6,11,13-14,16-17H,7-10,12H2,1-2H3,(H,19,20)/t13-,14+,16-,17-/m1/s1. The molecule has 0 radical (unpaired) electrons. The minimum absolute atomic E-state index is 0.236. The van der Waals surface area contributed by atoms with Crippen LogP contribution >= 0.6 is 0 Å². The summed E-state index contributed by atoms with van der Waals surface area (Å²) in [5.41, 5.74) is 1.05. The van der Waals surface area contributed by atoms with Crippen molar-refractivity contribution >= 4 is 5.82 Å². The van der Waals surface area contributed by atoms with Gasteiger partial charge in [0.05, 0.1) is 17.8 Å². The Morgan fingerprint density at radius 3 is 2.76 bits per heavy atom. The highest BCUT2D eigenvalue weighted by Crippen LogP contribution is 2.38. The van der Waals surface area contributed by atoms with Gasteiger partial charge in [-0.3, -0.25) is 9.58 Å². The van der Waals surface area contributed by atoms with Crippen molar-refractivity contribution in [3.63, 3.8) is 0 Å². The molecule has 7 nitrogen and oxygen atoms in total. The smallest absolute Gasteiger partial charge is 0.126 e. The summed E-state index contributed by atoms with van der Waals surface area (Å²) in [7, 11) is 3.74. The Morgan fingerprint density at radius 2 is 2.08 bits per heavy atom. The van der Waals surface area contributed by atoms with E-state index in [0.717, 1.165) is 44.0 Å². The van der Waals surface area contributed by atoms with E-state index in [1.165, 1.54) is 0 Å². The molecule has 2 aromatic heterocycles. The van der Waals surface area contributed by atoms with Crippen LogP contribution < -0.4 is 5.32 Å². The van der Waals surface area contributed by atoms with Crippen LogP contribution in [0.4, 0.5) is 5.82 Å². The second kappa shape index (κ2) is 7.09. The summed E-state index contributed by atoms with van der Waals surface area (Å²) in [5, 5.41) is 11.8. The van der Waals surface area contributed by atoms with E-state index in [1.807, 2.05) is 44.8 Å². The summed E-state index contributed by atoms with van der Waals surface area (Å²) in [6.07, 6.45) is 6.29. The number of hydrogen-bond donors (Lipinski definition) is 1. The average Bonchev–Trinajstić information content (AvgIpc) is 3.20. The van der Waals surface area contributed by atoms with E-state index in [-0.39, 0.29) is 6.10 Å². The van der Waals surface area contributed by atoms with Crippen LogP contribution in [0.5, 0.6) is 0 Å². The molecule has 1 aliphatic carbocycles. The molecule has 2 fully saturated rings. The molecule has 0 amide bonds. The van der Waals surface area contributed by atoms with Crippen molar-refractivity contribution in [1.82, 2.24) is 24.9 Å². The number of ether oxygens (including phenoxy) is 1. The van der Waals surface area contributed by atoms with Gasteiger partial charge in [-0.1, -0.05) is 11.3 Å². The lowest BCUT2D eigenvalue weighted by molar-refractivity contribution is 0.0304. The van der Waals surface area contributed by atoms with Gasteiger partial charge in [0.25, 0.3) is 0 Å². The lowest BCUT2D eigenvalue weighted by Crippen LogP contribution is -2.44. The average molecular weight is 342 g/mol. The number of likely N-dealkylation sites (tertiary alicyclic amines) is 1. The van der Waals surface area contributed by atoms with Gasteiger partial charge in [0.2, 0.25) is 0 Å². The summed E-state index contributed by atoms with van der Waals surface area (Å²) >= 11 is 0. The predicted octanol–water partition coefficient (Wildman–Crippen LogP) is 1.55. The molecule has 0 aromatic carbocycles. The fraction of sp³-hybridized carbons (Fsp3) is 0.611. The molecule has 4 rings (SSSR count). The highest BCUT2D eigenvalue weighted by molar-refractivity contribution is 5.35. The Morgan fingerprint density at radius 1 is 1.24 bits per heavy atom. The van der Waals surface area contributed by atoms with E-state index < -0.39 is 0 Å². The molecular weight excluding hydrogens is 316 g/mol. The topological polar surface area (TPSA) is 68.1 Å². The zero-order valence-corrected chi connectivity index (χ0v) is 14.9. The summed E-state index contributed by atoms with van der Waals surface area (Å²) in [4.78, 5) is 6.91. The van der Waals surface area contributed by atoms with Gasteiger partial charge in [0.1, 0.15) is 5.82 Å². The molecule has 7 heteroatoms. The first-order valence-corrected chi connectivity index (χ1v) is 8.99. The van der Waals surface area contributed by atoms with Gasteiger partial charge in [-0.05, 0) is 36.8 Å². The zero-order chi connectivity index (χ0) is 17.2. The van der Waals surface area contributed by atoms with Crippen molar-refractivity contribution < 1.29 is 4.74 Å². The molecule has 2 aliphatic rings. The normalized spacial score (nSPS) is 29.5. The monoisotopic (exact) mass is 342 g/mol. The minimum atomic E-state index is 0.236. The largest absolute Gasteiger partial charge is 0.379 e. The molecule has 4 atom stereocenters. The second-order valence-electron chi connectivity index (χ2n) is 7.31. The number of nitrogens with zero attached hydrogens (tertiary/aromatic N) is 5. The summed E-state index contributed by atoms with van der Waals surface area (Å²) < 4.78 is 7.58. The fourth-order valence-electron chi connectivity index (χ4n) is 4.39. The van der Waals surface area contributed by atoms with Crippen LogP contribution in [0.25, 0.3) is 0 Å². The maximum atomic E-state index is 5.81. The molecule has 0 spiro atoms. The van der Waals surface area contributed by atoms with Gasteiger partial charge in [0, 0.05) is 46.2 Å². The molecule has 1 saturated heterocycles. The van der Waals surface area contributed by atoms with Gasteiger partial charge >= 0.3 is 0 Å². The lowest BCUT2D eigenvalue weighted by atomic mass is 9.77. The highest BCUT2D eigenvalue weighted by atomic mass is 16.5. The zero-order valence-electron chi connectivity index (χ0n) is 14.9. The molecule has 1 aliphatic heterocycles. The number of methoxy groups -OCH3 is 1. The third-order valence-electron chi connectivity index (χ3n) is 5.53. The number of rotatable bonds is 5. The quantitative estimate of drug-likeness (QED) is 0.889. The molecule has 25 heavy (non-hydrogen) atoms. The Labute approximate surface area is 148 Å². The summed E-state index contributed by atoms with van der Waals surface area (Å²) in [6, 6.07) is 6.30. The van der Waals surface area contributed by atoms with Crippen molar-refractivity contribution in [2.24, 2.45) is 18.9 Å². The van der Waals surface area contributed by atoms with E-state index in [9.17, 15) is 0 Å². The van der Waals surface area contributed by atoms with Crippen LogP contribution in [0.2, 0.25) is 0 Å². The Bertz CT molecular complexity index is 690. The van der Waals surface area contributed by atoms with Crippen LogP contribution in [0.15, 0.2) is 30.6 Å². The van der Waals surface area contributed by atoms with Crippen molar-refractivity contribution in [2.45, 2.75) is 31.5 Å². The Kier molecular flexibility index (Phi) is 4.67. The molecule has 0 unspecified atom stereocenters. The number of fused-ring (bicyclic) bond motifs is 1. The third-order valence-corrected chi connectivity index (χ3v) is 5.53. The van der Waals surface area contributed by atoms with Crippen molar-refractivity contribution in [1.29, 1.82) is 0 Å². The SMILES string of the molecule is CO[C@@H]1C[C@H]2CN(Cc3cn(C)nn3)C[C@H]2C[C@H]1Nc1ccccn1. The van der Waals surface area contributed by atoms with Gasteiger partial charge in [-0.15, -0.1) is 5.10 Å². The molecule has 3 heterocycles. The number of anilines is 1. The minimum Gasteiger partial charge on any atom is -0.379 e. The molecule has 0 bridgehead atoms. The third kappa shape index (κ3) is 3.67. The number of aromatic nitrogens is 4. The molecular formula is C18H26N6O. The number of pyridine rings is 1.